The highest BCUT2D eigenvalue weighted by atomic mass is 35.5. The van der Waals surface area contributed by atoms with E-state index in [4.69, 9.17) is 27.9 Å². The van der Waals surface area contributed by atoms with Crippen LogP contribution in [0.4, 0.5) is 11.4 Å². The number of hydrogen-bond acceptors (Lipinski definition) is 3. The zero-order chi connectivity index (χ0) is 18.9. The normalized spacial score (nSPS) is 20.2. The monoisotopic (exact) mass is 392 g/mol. The minimum atomic E-state index is -1.02. The Labute approximate surface area is 161 Å². The number of nitrogens with one attached hydrogen (secondary N) is 2. The Hall–Kier alpha value is -2.24. The number of hydrogen-bond donors (Lipinski definition) is 2. The summed E-state index contributed by atoms with van der Waals surface area (Å²) in [7, 11) is 1.58. The van der Waals surface area contributed by atoms with Crippen molar-refractivity contribution in [3.8, 4) is 5.75 Å². The maximum Gasteiger partial charge on any atom is 0.255 e. The van der Waals surface area contributed by atoms with Gasteiger partial charge in [-0.25, -0.2) is 0 Å². The third-order valence-electron chi connectivity index (χ3n) is 4.51. The van der Waals surface area contributed by atoms with E-state index in [1.54, 1.807) is 62.6 Å². The van der Waals surface area contributed by atoms with Crippen molar-refractivity contribution in [1.29, 1.82) is 0 Å². The lowest BCUT2D eigenvalue weighted by Crippen LogP contribution is -2.25. The number of halogens is 2. The smallest absolute Gasteiger partial charge is 0.255 e. The van der Waals surface area contributed by atoms with Crippen molar-refractivity contribution in [1.82, 2.24) is 0 Å². The number of carbonyl (C=O) groups excluding carboxylic acids is 2. The lowest BCUT2D eigenvalue weighted by atomic mass is 10.1. The molecule has 2 N–H and O–H groups in total. The van der Waals surface area contributed by atoms with Gasteiger partial charge in [0.2, 0.25) is 5.91 Å². The largest absolute Gasteiger partial charge is 0.497 e. The Balaban J connectivity index is 1.61. The van der Waals surface area contributed by atoms with Crippen LogP contribution in [0.1, 0.15) is 23.7 Å². The van der Waals surface area contributed by atoms with E-state index in [2.05, 4.69) is 10.6 Å². The van der Waals surface area contributed by atoms with E-state index < -0.39 is 9.75 Å². The molecule has 0 aliphatic heterocycles. The number of alkyl halides is 2. The second-order valence-electron chi connectivity index (χ2n) is 6.43. The summed E-state index contributed by atoms with van der Waals surface area (Å²) in [4.78, 5) is 24.5. The molecule has 1 aliphatic carbocycles. The van der Waals surface area contributed by atoms with Gasteiger partial charge in [-0.15, -0.1) is 23.2 Å². The molecule has 5 nitrogen and oxygen atoms in total. The van der Waals surface area contributed by atoms with E-state index >= 15 is 0 Å². The van der Waals surface area contributed by atoms with E-state index in [0.29, 0.717) is 29.1 Å². The molecule has 2 aromatic rings. The minimum Gasteiger partial charge on any atom is -0.497 e. The van der Waals surface area contributed by atoms with Crippen LogP contribution >= 0.6 is 23.2 Å². The van der Waals surface area contributed by atoms with Crippen LogP contribution in [0.15, 0.2) is 48.5 Å². The van der Waals surface area contributed by atoms with Crippen molar-refractivity contribution in [2.24, 2.45) is 5.41 Å². The summed E-state index contributed by atoms with van der Waals surface area (Å²) in [6.45, 7) is 1.72. The zero-order valence-electron chi connectivity index (χ0n) is 14.3. The number of rotatable bonds is 5. The summed E-state index contributed by atoms with van der Waals surface area (Å²) in [6, 6.07) is 13.6. The first-order valence-corrected chi connectivity index (χ1v) is 8.75. The van der Waals surface area contributed by atoms with E-state index in [-0.39, 0.29) is 11.8 Å². The third-order valence-corrected chi connectivity index (χ3v) is 5.61. The van der Waals surface area contributed by atoms with E-state index in [0.717, 1.165) is 0 Å². The van der Waals surface area contributed by atoms with Gasteiger partial charge in [0.25, 0.3) is 5.91 Å². The first kappa shape index (κ1) is 18.5. The van der Waals surface area contributed by atoms with Gasteiger partial charge in [-0.2, -0.15) is 0 Å². The van der Waals surface area contributed by atoms with Gasteiger partial charge in [0.1, 0.15) is 10.1 Å². The maximum atomic E-state index is 12.3. The van der Waals surface area contributed by atoms with Crippen molar-refractivity contribution >= 4 is 46.4 Å². The van der Waals surface area contributed by atoms with Gasteiger partial charge in [0.15, 0.2) is 0 Å². The summed E-state index contributed by atoms with van der Waals surface area (Å²) in [5.74, 6) is 0.228. The van der Waals surface area contributed by atoms with E-state index in [1.165, 1.54) is 0 Å². The summed E-state index contributed by atoms with van der Waals surface area (Å²) in [5, 5.41) is 5.57. The van der Waals surface area contributed by atoms with Crippen LogP contribution in [0.25, 0.3) is 0 Å². The molecular formula is C19H18Cl2N2O3. The Morgan fingerprint density at radius 1 is 0.962 bits per heavy atom. The number of benzene rings is 2. The van der Waals surface area contributed by atoms with Gasteiger partial charge in [-0.3, -0.25) is 9.59 Å². The lowest BCUT2D eigenvalue weighted by Gasteiger charge is -2.13. The molecule has 26 heavy (non-hydrogen) atoms. The van der Waals surface area contributed by atoms with Crippen LogP contribution in [-0.2, 0) is 4.79 Å². The number of anilines is 2. The first-order valence-electron chi connectivity index (χ1n) is 8.00. The SMILES string of the molecule is COc1ccc(NC(=O)c2ccc(NC(=O)C3(C)CC3(Cl)Cl)cc2)cc1. The molecule has 1 saturated carbocycles. The standard InChI is InChI=1S/C19H18Cl2N2O3/c1-18(11-19(18,20)21)17(25)23-14-5-3-12(4-6-14)16(24)22-13-7-9-15(26-2)10-8-13/h3-10H,11H2,1-2H3,(H,22,24)(H,23,25). The predicted molar refractivity (Wildman–Crippen MR) is 103 cm³/mol. The van der Waals surface area contributed by atoms with Crippen LogP contribution in [0.5, 0.6) is 5.75 Å². The van der Waals surface area contributed by atoms with Crippen molar-refractivity contribution in [2.75, 3.05) is 17.7 Å². The molecule has 3 rings (SSSR count). The maximum absolute atomic E-state index is 12.3. The first-order chi connectivity index (χ1) is 12.2. The van der Waals surface area contributed by atoms with Gasteiger partial charge >= 0.3 is 0 Å². The van der Waals surface area contributed by atoms with Crippen molar-refractivity contribution in [3.05, 3.63) is 54.1 Å². The van der Waals surface area contributed by atoms with Crippen LogP contribution in [0.2, 0.25) is 0 Å². The molecule has 2 aromatic carbocycles. The Bertz CT molecular complexity index is 835. The Morgan fingerprint density at radius 3 is 1.96 bits per heavy atom. The summed E-state index contributed by atoms with van der Waals surface area (Å²) in [6.07, 6.45) is 0.414. The van der Waals surface area contributed by atoms with E-state index in [9.17, 15) is 9.59 Å². The summed E-state index contributed by atoms with van der Waals surface area (Å²) >= 11 is 12.0. The Kier molecular flexibility index (Phi) is 4.86. The van der Waals surface area contributed by atoms with Gasteiger partial charge in [0, 0.05) is 16.9 Å². The quantitative estimate of drug-likeness (QED) is 0.737. The second kappa shape index (κ2) is 6.82. The zero-order valence-corrected chi connectivity index (χ0v) is 15.8. The average molecular weight is 393 g/mol. The molecule has 0 aromatic heterocycles. The minimum absolute atomic E-state index is 0.238. The molecule has 7 heteroatoms. The van der Waals surface area contributed by atoms with Crippen molar-refractivity contribution < 1.29 is 14.3 Å². The molecule has 0 spiro atoms. The fraction of sp³-hybridized carbons (Fsp3) is 0.263. The fourth-order valence-corrected chi connectivity index (χ4v) is 3.20. The molecule has 0 radical (unpaired) electrons. The summed E-state index contributed by atoms with van der Waals surface area (Å²) in [5.41, 5.74) is 0.921. The molecule has 1 atom stereocenters. The van der Waals surface area contributed by atoms with Crippen molar-refractivity contribution in [2.45, 2.75) is 17.7 Å². The fourth-order valence-electron chi connectivity index (χ4n) is 2.50. The van der Waals surface area contributed by atoms with Gasteiger partial charge in [-0.1, -0.05) is 0 Å². The van der Waals surface area contributed by atoms with Gasteiger partial charge in [0.05, 0.1) is 12.5 Å². The number of carbonyl (C=O) groups is 2. The molecular weight excluding hydrogens is 375 g/mol. The predicted octanol–water partition coefficient (Wildman–Crippen LogP) is 4.47. The highest BCUT2D eigenvalue weighted by Gasteiger charge is 2.67. The van der Waals surface area contributed by atoms with Crippen LogP contribution < -0.4 is 15.4 Å². The number of methoxy groups -OCH3 is 1. The molecule has 0 heterocycles. The van der Waals surface area contributed by atoms with Crippen LogP contribution in [0.3, 0.4) is 0 Å². The van der Waals surface area contributed by atoms with Gasteiger partial charge < -0.3 is 15.4 Å². The molecule has 1 aliphatic rings. The number of amides is 2. The molecule has 2 amide bonds. The topological polar surface area (TPSA) is 67.4 Å². The van der Waals surface area contributed by atoms with Crippen LogP contribution in [-0.4, -0.2) is 23.3 Å². The molecule has 1 unspecified atom stereocenters. The third kappa shape index (κ3) is 3.64. The molecule has 0 saturated heterocycles. The highest BCUT2D eigenvalue weighted by Crippen LogP contribution is 2.64. The Morgan fingerprint density at radius 2 is 1.46 bits per heavy atom. The molecule has 0 bridgehead atoms. The highest BCUT2D eigenvalue weighted by molar-refractivity contribution is 6.53. The van der Waals surface area contributed by atoms with Crippen molar-refractivity contribution in [3.63, 3.8) is 0 Å². The van der Waals surface area contributed by atoms with Gasteiger partial charge in [-0.05, 0) is 61.9 Å². The average Bonchev–Trinajstić information content (AvgIpc) is 3.15. The summed E-state index contributed by atoms with van der Waals surface area (Å²) < 4.78 is 4.06. The second-order valence-corrected chi connectivity index (χ2v) is 7.91. The van der Waals surface area contributed by atoms with E-state index in [1.807, 2.05) is 0 Å². The molecule has 136 valence electrons. The number of ether oxygens (including phenoxy) is 1. The lowest BCUT2D eigenvalue weighted by molar-refractivity contribution is -0.120. The molecule has 1 fully saturated rings. The van der Waals surface area contributed by atoms with Crippen LogP contribution in [0, 0.1) is 5.41 Å².